The Bertz CT molecular complexity index is 647. The van der Waals surface area contributed by atoms with Crippen molar-refractivity contribution in [2.45, 2.75) is 20.8 Å². The molecule has 0 amide bonds. The van der Waals surface area contributed by atoms with Gasteiger partial charge in [-0.1, -0.05) is 18.2 Å². The van der Waals surface area contributed by atoms with Gasteiger partial charge in [0.1, 0.15) is 5.82 Å². The lowest BCUT2D eigenvalue weighted by Crippen LogP contribution is -2.20. The quantitative estimate of drug-likeness (QED) is 0.792. The van der Waals surface area contributed by atoms with Crippen LogP contribution in [-0.2, 0) is 0 Å². The minimum absolute atomic E-state index is 0.285. The normalized spacial score (nSPS) is 10.2. The summed E-state index contributed by atoms with van der Waals surface area (Å²) in [6.45, 7) is 5.99. The number of aryl methyl sites for hydroxylation is 2. The highest BCUT2D eigenvalue weighted by Crippen LogP contribution is 2.20. The number of thiocarbonyl (C=S) groups is 1. The van der Waals surface area contributed by atoms with Crippen molar-refractivity contribution in [3.8, 4) is 0 Å². The van der Waals surface area contributed by atoms with Gasteiger partial charge in [-0.05, 0) is 67.9 Å². The Labute approximate surface area is 124 Å². The van der Waals surface area contributed by atoms with Crippen molar-refractivity contribution in [1.82, 2.24) is 0 Å². The Kier molecular flexibility index (Phi) is 4.35. The number of hydrogen-bond donors (Lipinski definition) is 2. The lowest BCUT2D eigenvalue weighted by Gasteiger charge is -2.15. The van der Waals surface area contributed by atoms with Crippen LogP contribution in [0.5, 0.6) is 0 Å². The summed E-state index contributed by atoms with van der Waals surface area (Å²) < 4.78 is 13.2. The smallest absolute Gasteiger partial charge is 0.175 e. The molecular weight excluding hydrogens is 271 g/mol. The second-order valence-corrected chi connectivity index (χ2v) is 5.19. The van der Waals surface area contributed by atoms with Gasteiger partial charge in [-0.15, -0.1) is 0 Å². The molecule has 20 heavy (non-hydrogen) atoms. The SMILES string of the molecule is Cc1ccc(F)cc1NC(=S)Nc1cccc(C)c1C. The third-order valence-electron chi connectivity index (χ3n) is 3.30. The summed E-state index contributed by atoms with van der Waals surface area (Å²) in [5, 5.41) is 6.62. The van der Waals surface area contributed by atoms with Crippen molar-refractivity contribution in [2.75, 3.05) is 10.6 Å². The molecule has 0 atom stereocenters. The molecule has 0 unspecified atom stereocenters. The van der Waals surface area contributed by atoms with E-state index in [-0.39, 0.29) is 5.82 Å². The van der Waals surface area contributed by atoms with E-state index in [4.69, 9.17) is 12.2 Å². The predicted octanol–water partition coefficient (Wildman–Crippen LogP) is 4.56. The molecular formula is C16H17FN2S. The fraction of sp³-hybridized carbons (Fsp3) is 0.188. The standard InChI is InChI=1S/C16H17FN2S/c1-10-5-4-6-14(12(10)3)18-16(20)19-15-9-13(17)8-7-11(15)2/h4-9H,1-3H3,(H2,18,19,20). The maximum Gasteiger partial charge on any atom is 0.175 e. The van der Waals surface area contributed by atoms with Gasteiger partial charge in [0.05, 0.1) is 0 Å². The summed E-state index contributed by atoms with van der Waals surface area (Å²) in [6, 6.07) is 10.6. The molecule has 2 aromatic rings. The number of anilines is 2. The highest BCUT2D eigenvalue weighted by atomic mass is 32.1. The van der Waals surface area contributed by atoms with E-state index in [1.165, 1.54) is 17.7 Å². The molecule has 104 valence electrons. The predicted molar refractivity (Wildman–Crippen MR) is 86.9 cm³/mol. The minimum atomic E-state index is -0.285. The van der Waals surface area contributed by atoms with Crippen molar-refractivity contribution in [3.63, 3.8) is 0 Å². The van der Waals surface area contributed by atoms with E-state index in [0.29, 0.717) is 10.8 Å². The summed E-state index contributed by atoms with van der Waals surface area (Å²) in [7, 11) is 0. The van der Waals surface area contributed by atoms with Gasteiger partial charge in [0.25, 0.3) is 0 Å². The molecule has 0 spiro atoms. The van der Waals surface area contributed by atoms with Crippen molar-refractivity contribution in [1.29, 1.82) is 0 Å². The van der Waals surface area contributed by atoms with Crippen LogP contribution >= 0.6 is 12.2 Å². The van der Waals surface area contributed by atoms with Crippen molar-refractivity contribution in [2.24, 2.45) is 0 Å². The summed E-state index contributed by atoms with van der Waals surface area (Å²) in [5.41, 5.74) is 4.91. The van der Waals surface area contributed by atoms with Crippen LogP contribution in [0.15, 0.2) is 36.4 Å². The molecule has 0 saturated heterocycles. The number of rotatable bonds is 2. The molecule has 0 radical (unpaired) electrons. The van der Waals surface area contributed by atoms with Crippen LogP contribution in [0.25, 0.3) is 0 Å². The average Bonchev–Trinajstić information content (AvgIpc) is 2.39. The molecule has 0 heterocycles. The maximum atomic E-state index is 13.2. The summed E-state index contributed by atoms with van der Waals surface area (Å²) >= 11 is 5.28. The zero-order valence-electron chi connectivity index (χ0n) is 11.8. The fourth-order valence-electron chi connectivity index (χ4n) is 1.89. The fourth-order valence-corrected chi connectivity index (χ4v) is 2.11. The molecule has 0 bridgehead atoms. The van der Waals surface area contributed by atoms with E-state index >= 15 is 0 Å². The van der Waals surface area contributed by atoms with Crippen LogP contribution in [0, 0.1) is 26.6 Å². The van der Waals surface area contributed by atoms with Crippen LogP contribution in [0.4, 0.5) is 15.8 Å². The largest absolute Gasteiger partial charge is 0.332 e. The van der Waals surface area contributed by atoms with Crippen LogP contribution in [0.3, 0.4) is 0 Å². The molecule has 0 aromatic heterocycles. The van der Waals surface area contributed by atoms with Gasteiger partial charge >= 0.3 is 0 Å². The van der Waals surface area contributed by atoms with Gasteiger partial charge < -0.3 is 10.6 Å². The van der Waals surface area contributed by atoms with Gasteiger partial charge in [0.15, 0.2) is 5.11 Å². The Hall–Kier alpha value is -1.94. The van der Waals surface area contributed by atoms with Crippen LogP contribution in [-0.4, -0.2) is 5.11 Å². The molecule has 0 aliphatic carbocycles. The van der Waals surface area contributed by atoms with Gasteiger partial charge in [-0.3, -0.25) is 0 Å². The van der Waals surface area contributed by atoms with Gasteiger partial charge in [-0.25, -0.2) is 4.39 Å². The van der Waals surface area contributed by atoms with Gasteiger partial charge in [0.2, 0.25) is 0 Å². The first-order valence-corrected chi connectivity index (χ1v) is 6.78. The molecule has 0 aliphatic rings. The maximum absolute atomic E-state index is 13.2. The summed E-state index contributed by atoms with van der Waals surface area (Å²) in [6.07, 6.45) is 0. The summed E-state index contributed by atoms with van der Waals surface area (Å²) in [4.78, 5) is 0. The molecule has 0 aliphatic heterocycles. The first kappa shape index (κ1) is 14.5. The Balaban J connectivity index is 2.13. The number of benzene rings is 2. The van der Waals surface area contributed by atoms with Gasteiger partial charge in [0, 0.05) is 11.4 Å². The van der Waals surface area contributed by atoms with E-state index in [2.05, 4.69) is 10.6 Å². The Morgan fingerprint density at radius 1 is 0.950 bits per heavy atom. The van der Waals surface area contributed by atoms with E-state index in [9.17, 15) is 4.39 Å². The molecule has 2 aromatic carbocycles. The van der Waals surface area contributed by atoms with Crippen LogP contribution < -0.4 is 10.6 Å². The molecule has 2 N–H and O–H groups in total. The topological polar surface area (TPSA) is 24.1 Å². The molecule has 0 fully saturated rings. The monoisotopic (exact) mass is 288 g/mol. The van der Waals surface area contributed by atoms with Crippen LogP contribution in [0.2, 0.25) is 0 Å². The first-order chi connectivity index (χ1) is 9.47. The van der Waals surface area contributed by atoms with Crippen LogP contribution in [0.1, 0.15) is 16.7 Å². The zero-order valence-corrected chi connectivity index (χ0v) is 12.6. The highest BCUT2D eigenvalue weighted by Gasteiger charge is 2.05. The number of nitrogens with one attached hydrogen (secondary N) is 2. The van der Waals surface area contributed by atoms with Crippen molar-refractivity contribution < 1.29 is 4.39 Å². The molecule has 2 rings (SSSR count). The lowest BCUT2D eigenvalue weighted by atomic mass is 10.1. The molecule has 4 heteroatoms. The number of halogens is 1. The lowest BCUT2D eigenvalue weighted by molar-refractivity contribution is 0.628. The van der Waals surface area contributed by atoms with E-state index in [1.54, 1.807) is 6.07 Å². The molecule has 0 saturated carbocycles. The zero-order chi connectivity index (χ0) is 14.7. The van der Waals surface area contributed by atoms with Gasteiger partial charge in [-0.2, -0.15) is 0 Å². The third kappa shape index (κ3) is 3.33. The average molecular weight is 288 g/mol. The Morgan fingerprint density at radius 3 is 2.40 bits per heavy atom. The van der Waals surface area contributed by atoms with Crippen molar-refractivity contribution >= 4 is 28.7 Å². The van der Waals surface area contributed by atoms with E-state index in [0.717, 1.165) is 16.8 Å². The second kappa shape index (κ2) is 6.01. The van der Waals surface area contributed by atoms with E-state index < -0.39 is 0 Å². The van der Waals surface area contributed by atoms with E-state index in [1.807, 2.05) is 39.0 Å². The Morgan fingerprint density at radius 2 is 1.65 bits per heavy atom. The first-order valence-electron chi connectivity index (χ1n) is 6.38. The second-order valence-electron chi connectivity index (χ2n) is 4.79. The minimum Gasteiger partial charge on any atom is -0.332 e. The van der Waals surface area contributed by atoms with Crippen molar-refractivity contribution in [3.05, 3.63) is 58.9 Å². The third-order valence-corrected chi connectivity index (χ3v) is 3.50. The highest BCUT2D eigenvalue weighted by molar-refractivity contribution is 7.80. The number of hydrogen-bond acceptors (Lipinski definition) is 1. The molecule has 2 nitrogen and oxygen atoms in total. The summed E-state index contributed by atoms with van der Waals surface area (Å²) in [5.74, 6) is -0.285.